The molecular weight excluding hydrogens is 223 g/mol. The van der Waals surface area contributed by atoms with Crippen LogP contribution < -0.4 is 5.73 Å². The number of carbonyl (C=O) groups excluding carboxylic acids is 1. The first-order chi connectivity index (χ1) is 8.09. The number of rotatable bonds is 1. The highest BCUT2D eigenvalue weighted by Crippen LogP contribution is 2.20. The molecule has 0 aromatic heterocycles. The number of hydrogen-bond acceptors (Lipinski definition) is 3. The third-order valence-electron chi connectivity index (χ3n) is 2.86. The van der Waals surface area contributed by atoms with Gasteiger partial charge in [0.05, 0.1) is 6.61 Å². The fraction of sp³-hybridized carbons (Fsp3) is 0.417. The van der Waals surface area contributed by atoms with Gasteiger partial charge in [-0.2, -0.15) is 0 Å². The summed E-state index contributed by atoms with van der Waals surface area (Å²) in [5.41, 5.74) is 6.51. The molecule has 1 fully saturated rings. The maximum absolute atomic E-state index is 13.5. The molecule has 17 heavy (non-hydrogen) atoms. The van der Waals surface area contributed by atoms with Crippen LogP contribution in [0.1, 0.15) is 28.8 Å². The monoisotopic (exact) mass is 238 g/mol. The van der Waals surface area contributed by atoms with Gasteiger partial charge >= 0.3 is 0 Å². The van der Waals surface area contributed by atoms with Gasteiger partial charge in [0.2, 0.25) is 0 Å². The maximum Gasteiger partial charge on any atom is 0.277 e. The summed E-state index contributed by atoms with van der Waals surface area (Å²) < 4.78 is 13.5. The zero-order chi connectivity index (χ0) is 12.4. The number of nitrogens with two attached hydrogens (primary N) is 1. The predicted octanol–water partition coefficient (Wildman–Crippen LogP) is 1.88. The van der Waals surface area contributed by atoms with Crippen LogP contribution in [0.15, 0.2) is 12.1 Å². The van der Waals surface area contributed by atoms with Gasteiger partial charge < -0.3 is 5.73 Å². The lowest BCUT2D eigenvalue weighted by Gasteiger charge is -2.26. The van der Waals surface area contributed by atoms with E-state index in [4.69, 9.17) is 10.6 Å². The van der Waals surface area contributed by atoms with Crippen LogP contribution in [0, 0.1) is 12.7 Å². The van der Waals surface area contributed by atoms with Gasteiger partial charge in [-0.25, -0.2) is 9.45 Å². The quantitative estimate of drug-likeness (QED) is 0.760. The van der Waals surface area contributed by atoms with Gasteiger partial charge in [-0.05, 0) is 31.9 Å². The van der Waals surface area contributed by atoms with Crippen LogP contribution in [0.4, 0.5) is 10.1 Å². The molecule has 2 rings (SSSR count). The van der Waals surface area contributed by atoms with Gasteiger partial charge in [-0.15, -0.1) is 0 Å². The summed E-state index contributed by atoms with van der Waals surface area (Å²) >= 11 is 0. The lowest BCUT2D eigenvalue weighted by molar-refractivity contribution is -0.144. The van der Waals surface area contributed by atoms with E-state index >= 15 is 0 Å². The molecule has 0 unspecified atom stereocenters. The Morgan fingerprint density at radius 2 is 2.24 bits per heavy atom. The van der Waals surface area contributed by atoms with Crippen molar-refractivity contribution in [3.05, 3.63) is 29.1 Å². The summed E-state index contributed by atoms with van der Waals surface area (Å²) in [6.07, 6.45) is 1.84. The van der Waals surface area contributed by atoms with Crippen LogP contribution in [-0.4, -0.2) is 24.1 Å². The lowest BCUT2D eigenvalue weighted by Crippen LogP contribution is -2.35. The Morgan fingerprint density at radius 1 is 1.47 bits per heavy atom. The van der Waals surface area contributed by atoms with Crippen molar-refractivity contribution in [2.45, 2.75) is 19.8 Å². The molecule has 1 saturated heterocycles. The second-order valence-corrected chi connectivity index (χ2v) is 4.12. The second kappa shape index (κ2) is 4.71. The maximum atomic E-state index is 13.5. The summed E-state index contributed by atoms with van der Waals surface area (Å²) in [5.74, 6) is -0.805. The minimum Gasteiger partial charge on any atom is -0.398 e. The van der Waals surface area contributed by atoms with E-state index in [2.05, 4.69) is 0 Å². The largest absolute Gasteiger partial charge is 0.398 e. The SMILES string of the molecule is Cc1c(N)cc(C(=O)N2CCCCO2)cc1F. The van der Waals surface area contributed by atoms with Gasteiger partial charge in [0.15, 0.2) is 0 Å². The molecule has 1 aliphatic rings. The third kappa shape index (κ3) is 2.39. The number of hydroxylamine groups is 2. The average Bonchev–Trinajstić information content (AvgIpc) is 2.35. The average molecular weight is 238 g/mol. The molecule has 0 bridgehead atoms. The minimum atomic E-state index is -0.467. The van der Waals surface area contributed by atoms with Crippen LogP contribution in [0.5, 0.6) is 0 Å². The number of benzene rings is 1. The van der Waals surface area contributed by atoms with Crippen LogP contribution >= 0.6 is 0 Å². The normalized spacial score (nSPS) is 16.0. The highest BCUT2D eigenvalue weighted by atomic mass is 19.1. The summed E-state index contributed by atoms with van der Waals surface area (Å²) in [7, 11) is 0. The molecular formula is C12H15FN2O2. The zero-order valence-electron chi connectivity index (χ0n) is 9.70. The molecule has 1 aromatic carbocycles. The van der Waals surface area contributed by atoms with Gasteiger partial charge in [0.25, 0.3) is 5.91 Å². The van der Waals surface area contributed by atoms with Crippen molar-refractivity contribution in [3.63, 3.8) is 0 Å². The van der Waals surface area contributed by atoms with Crippen molar-refractivity contribution < 1.29 is 14.0 Å². The number of nitrogen functional groups attached to an aromatic ring is 1. The van der Waals surface area contributed by atoms with Crippen molar-refractivity contribution in [3.8, 4) is 0 Å². The topological polar surface area (TPSA) is 55.6 Å². The van der Waals surface area contributed by atoms with E-state index < -0.39 is 5.82 Å². The van der Waals surface area contributed by atoms with E-state index in [-0.39, 0.29) is 17.2 Å². The Morgan fingerprint density at radius 3 is 2.82 bits per heavy atom. The highest BCUT2D eigenvalue weighted by Gasteiger charge is 2.20. The molecule has 4 nitrogen and oxygen atoms in total. The minimum absolute atomic E-state index is 0.229. The van der Waals surface area contributed by atoms with Crippen molar-refractivity contribution >= 4 is 11.6 Å². The van der Waals surface area contributed by atoms with E-state index in [1.54, 1.807) is 6.92 Å². The van der Waals surface area contributed by atoms with Crippen molar-refractivity contribution in [1.82, 2.24) is 5.06 Å². The Hall–Kier alpha value is -1.62. The first-order valence-corrected chi connectivity index (χ1v) is 5.60. The van der Waals surface area contributed by atoms with Crippen molar-refractivity contribution in [2.75, 3.05) is 18.9 Å². The number of anilines is 1. The number of amides is 1. The Bertz CT molecular complexity index is 419. The Labute approximate surface area is 99.1 Å². The van der Waals surface area contributed by atoms with E-state index in [1.807, 2.05) is 0 Å². The van der Waals surface area contributed by atoms with Crippen LogP contribution in [0.2, 0.25) is 0 Å². The van der Waals surface area contributed by atoms with Gasteiger partial charge in [-0.1, -0.05) is 0 Å². The number of hydrogen-bond donors (Lipinski definition) is 1. The summed E-state index contributed by atoms with van der Waals surface area (Å²) in [6, 6.07) is 2.69. The first-order valence-electron chi connectivity index (χ1n) is 5.60. The molecule has 5 heteroatoms. The summed E-state index contributed by atoms with van der Waals surface area (Å²) in [5, 5.41) is 1.27. The van der Waals surface area contributed by atoms with Gasteiger partial charge in [0, 0.05) is 23.4 Å². The molecule has 0 spiro atoms. The van der Waals surface area contributed by atoms with Gasteiger partial charge in [0.1, 0.15) is 5.82 Å². The molecule has 2 N–H and O–H groups in total. The molecule has 1 heterocycles. The van der Waals surface area contributed by atoms with Gasteiger partial charge in [-0.3, -0.25) is 9.63 Å². The molecule has 1 amide bonds. The van der Waals surface area contributed by atoms with Crippen LogP contribution in [-0.2, 0) is 4.84 Å². The number of nitrogens with zero attached hydrogens (tertiary/aromatic N) is 1. The number of carbonyl (C=O) groups is 1. The molecule has 0 saturated carbocycles. The summed E-state index contributed by atoms with van der Waals surface area (Å²) in [6.45, 7) is 2.64. The Kier molecular flexibility index (Phi) is 3.28. The van der Waals surface area contributed by atoms with Crippen LogP contribution in [0.25, 0.3) is 0 Å². The predicted molar refractivity (Wildman–Crippen MR) is 61.8 cm³/mol. The molecule has 0 atom stereocenters. The Balaban J connectivity index is 2.24. The lowest BCUT2D eigenvalue weighted by atomic mass is 10.1. The molecule has 0 radical (unpaired) electrons. The molecule has 1 aliphatic heterocycles. The fourth-order valence-corrected chi connectivity index (χ4v) is 1.72. The molecule has 0 aliphatic carbocycles. The zero-order valence-corrected chi connectivity index (χ0v) is 9.70. The molecule has 92 valence electrons. The van der Waals surface area contributed by atoms with E-state index in [1.165, 1.54) is 17.2 Å². The second-order valence-electron chi connectivity index (χ2n) is 4.12. The first kappa shape index (κ1) is 11.9. The summed E-state index contributed by atoms with van der Waals surface area (Å²) in [4.78, 5) is 17.2. The fourth-order valence-electron chi connectivity index (χ4n) is 1.72. The van der Waals surface area contributed by atoms with Crippen molar-refractivity contribution in [1.29, 1.82) is 0 Å². The third-order valence-corrected chi connectivity index (χ3v) is 2.86. The van der Waals surface area contributed by atoms with E-state index in [9.17, 15) is 9.18 Å². The van der Waals surface area contributed by atoms with Crippen LogP contribution in [0.3, 0.4) is 0 Å². The number of halogens is 1. The molecule has 1 aromatic rings. The highest BCUT2D eigenvalue weighted by molar-refractivity contribution is 5.94. The smallest absolute Gasteiger partial charge is 0.277 e. The van der Waals surface area contributed by atoms with Crippen molar-refractivity contribution in [2.24, 2.45) is 0 Å². The van der Waals surface area contributed by atoms with E-state index in [0.29, 0.717) is 18.7 Å². The standard InChI is InChI=1S/C12H15FN2O2/c1-8-10(13)6-9(7-11(8)14)12(16)15-4-2-3-5-17-15/h6-7H,2-5,14H2,1H3. The van der Waals surface area contributed by atoms with E-state index in [0.717, 1.165) is 12.8 Å².